The van der Waals surface area contributed by atoms with E-state index < -0.39 is 0 Å². The molecule has 1 aliphatic heterocycles. The van der Waals surface area contributed by atoms with Crippen molar-refractivity contribution in [2.24, 2.45) is 10.9 Å². The van der Waals surface area contributed by atoms with Crippen molar-refractivity contribution in [1.82, 2.24) is 10.2 Å². The van der Waals surface area contributed by atoms with Crippen LogP contribution in [0.4, 0.5) is 0 Å². The molecule has 1 heterocycles. The molecule has 0 unspecified atom stereocenters. The molecule has 0 aliphatic carbocycles. The van der Waals surface area contributed by atoms with Gasteiger partial charge in [-0.15, -0.1) is 0 Å². The number of nitrogens with two attached hydrogens (primary N) is 1. The minimum atomic E-state index is 0.294. The van der Waals surface area contributed by atoms with Gasteiger partial charge >= 0.3 is 0 Å². The molecule has 0 aromatic heterocycles. The number of likely N-dealkylation sites (tertiary alicyclic amines) is 1. The lowest BCUT2D eigenvalue weighted by Gasteiger charge is -2.14. The van der Waals surface area contributed by atoms with Gasteiger partial charge in [-0.3, -0.25) is 0 Å². The highest BCUT2D eigenvalue weighted by molar-refractivity contribution is 5.79. The van der Waals surface area contributed by atoms with Crippen molar-refractivity contribution in [2.75, 3.05) is 32.7 Å². The number of rotatable bonds is 7. The lowest BCUT2D eigenvalue weighted by molar-refractivity contribution is 0.316. The Balaban J connectivity index is 1.84. The summed E-state index contributed by atoms with van der Waals surface area (Å²) in [6.45, 7) is 5.52. The quantitative estimate of drug-likeness (QED) is 0.186. The highest BCUT2D eigenvalue weighted by atomic mass is 16.4. The molecule has 0 aromatic rings. The van der Waals surface area contributed by atoms with E-state index >= 15 is 0 Å². The topological polar surface area (TPSA) is 73.9 Å². The Morgan fingerprint density at radius 1 is 1.33 bits per heavy atom. The van der Waals surface area contributed by atoms with Crippen LogP contribution in [0, 0.1) is 0 Å². The molecular weight excluding hydrogens is 192 g/mol. The van der Waals surface area contributed by atoms with Crippen LogP contribution < -0.4 is 11.1 Å². The Bertz CT molecular complexity index is 190. The van der Waals surface area contributed by atoms with Gasteiger partial charge in [-0.05, 0) is 45.4 Å². The maximum Gasteiger partial charge on any atom is 0.140 e. The van der Waals surface area contributed by atoms with Crippen molar-refractivity contribution in [2.45, 2.75) is 25.7 Å². The Hall–Kier alpha value is -0.810. The summed E-state index contributed by atoms with van der Waals surface area (Å²) >= 11 is 0. The van der Waals surface area contributed by atoms with Crippen LogP contribution in [0.3, 0.4) is 0 Å². The average Bonchev–Trinajstić information content (AvgIpc) is 2.75. The normalized spacial score (nSPS) is 18.5. The predicted molar refractivity (Wildman–Crippen MR) is 61.2 cm³/mol. The summed E-state index contributed by atoms with van der Waals surface area (Å²) in [5, 5.41) is 14.5. The van der Waals surface area contributed by atoms with Crippen molar-refractivity contribution < 1.29 is 5.21 Å². The van der Waals surface area contributed by atoms with Crippen LogP contribution in [0.1, 0.15) is 25.7 Å². The molecule has 0 atom stereocenters. The van der Waals surface area contributed by atoms with E-state index in [1.807, 2.05) is 0 Å². The molecule has 1 rings (SSSR count). The van der Waals surface area contributed by atoms with Gasteiger partial charge in [0.2, 0.25) is 0 Å². The molecule has 5 heteroatoms. The standard InChI is InChI=1S/C10H22N4O/c11-10(13-15)4-6-12-5-3-9-14-7-1-2-8-14/h12,15H,1-9H2,(H2,11,13). The summed E-state index contributed by atoms with van der Waals surface area (Å²) in [4.78, 5) is 2.51. The molecular formula is C10H22N4O. The first-order valence-corrected chi connectivity index (χ1v) is 5.72. The minimum absolute atomic E-state index is 0.294. The molecule has 0 radical (unpaired) electrons. The number of amidine groups is 1. The van der Waals surface area contributed by atoms with Gasteiger partial charge < -0.3 is 21.2 Å². The van der Waals surface area contributed by atoms with Gasteiger partial charge in [0.25, 0.3) is 0 Å². The van der Waals surface area contributed by atoms with Crippen molar-refractivity contribution in [3.63, 3.8) is 0 Å². The summed E-state index contributed by atoms with van der Waals surface area (Å²) in [6.07, 6.45) is 4.50. The first kappa shape index (κ1) is 12.3. The highest BCUT2D eigenvalue weighted by Crippen LogP contribution is 2.06. The van der Waals surface area contributed by atoms with Crippen LogP contribution in [0.25, 0.3) is 0 Å². The van der Waals surface area contributed by atoms with Crippen LogP contribution in [0.5, 0.6) is 0 Å². The lowest BCUT2D eigenvalue weighted by Crippen LogP contribution is -2.27. The Labute approximate surface area is 91.3 Å². The third-order valence-corrected chi connectivity index (χ3v) is 2.71. The highest BCUT2D eigenvalue weighted by Gasteiger charge is 2.09. The van der Waals surface area contributed by atoms with Gasteiger partial charge in [-0.1, -0.05) is 5.16 Å². The summed E-state index contributed by atoms with van der Waals surface area (Å²) in [5.74, 6) is 0.294. The molecule has 1 saturated heterocycles. The largest absolute Gasteiger partial charge is 0.409 e. The molecule has 88 valence electrons. The van der Waals surface area contributed by atoms with Crippen molar-refractivity contribution in [3.05, 3.63) is 0 Å². The van der Waals surface area contributed by atoms with Crippen LogP contribution in [-0.4, -0.2) is 48.7 Å². The van der Waals surface area contributed by atoms with Crippen molar-refractivity contribution >= 4 is 5.84 Å². The van der Waals surface area contributed by atoms with Crippen LogP contribution in [-0.2, 0) is 0 Å². The van der Waals surface area contributed by atoms with E-state index in [2.05, 4.69) is 15.4 Å². The molecule has 0 aromatic carbocycles. The van der Waals surface area contributed by atoms with Gasteiger partial charge in [0, 0.05) is 13.0 Å². The van der Waals surface area contributed by atoms with E-state index in [-0.39, 0.29) is 0 Å². The number of hydrogen-bond donors (Lipinski definition) is 3. The minimum Gasteiger partial charge on any atom is -0.409 e. The van der Waals surface area contributed by atoms with Gasteiger partial charge in [-0.25, -0.2) is 0 Å². The van der Waals surface area contributed by atoms with Crippen LogP contribution in [0.15, 0.2) is 5.16 Å². The fraction of sp³-hybridized carbons (Fsp3) is 0.900. The van der Waals surface area contributed by atoms with E-state index in [0.29, 0.717) is 12.3 Å². The SMILES string of the molecule is NC(CCNCCCN1CCCC1)=NO. The molecule has 0 amide bonds. The zero-order valence-electron chi connectivity index (χ0n) is 9.28. The van der Waals surface area contributed by atoms with E-state index in [0.717, 1.165) is 13.1 Å². The smallest absolute Gasteiger partial charge is 0.140 e. The maximum absolute atomic E-state index is 8.31. The number of oxime groups is 1. The Morgan fingerprint density at radius 2 is 2.07 bits per heavy atom. The van der Waals surface area contributed by atoms with Crippen LogP contribution in [0.2, 0.25) is 0 Å². The summed E-state index contributed by atoms with van der Waals surface area (Å²) < 4.78 is 0. The second-order valence-corrected chi connectivity index (χ2v) is 3.99. The van der Waals surface area contributed by atoms with Gasteiger partial charge in [0.15, 0.2) is 0 Å². The second-order valence-electron chi connectivity index (χ2n) is 3.99. The lowest BCUT2D eigenvalue weighted by atomic mass is 10.3. The number of nitrogens with zero attached hydrogens (tertiary/aromatic N) is 2. The van der Waals surface area contributed by atoms with E-state index in [1.165, 1.54) is 38.9 Å². The summed E-state index contributed by atoms with van der Waals surface area (Å²) in [5.41, 5.74) is 5.34. The zero-order valence-corrected chi connectivity index (χ0v) is 9.28. The van der Waals surface area contributed by atoms with Gasteiger partial charge in [0.1, 0.15) is 5.84 Å². The van der Waals surface area contributed by atoms with Gasteiger partial charge in [0.05, 0.1) is 0 Å². The molecule has 4 N–H and O–H groups in total. The molecule has 15 heavy (non-hydrogen) atoms. The van der Waals surface area contributed by atoms with E-state index in [1.54, 1.807) is 0 Å². The maximum atomic E-state index is 8.31. The second kappa shape index (κ2) is 7.48. The third-order valence-electron chi connectivity index (χ3n) is 2.71. The Morgan fingerprint density at radius 3 is 2.73 bits per heavy atom. The Kier molecular flexibility index (Phi) is 6.11. The predicted octanol–water partition coefficient (Wildman–Crippen LogP) is 0.198. The monoisotopic (exact) mass is 214 g/mol. The third kappa shape index (κ3) is 5.59. The molecule has 0 spiro atoms. The van der Waals surface area contributed by atoms with Crippen LogP contribution >= 0.6 is 0 Å². The first-order chi connectivity index (χ1) is 7.33. The fourth-order valence-corrected chi connectivity index (χ4v) is 1.83. The summed E-state index contributed by atoms with van der Waals surface area (Å²) in [6, 6.07) is 0. The van der Waals surface area contributed by atoms with E-state index in [4.69, 9.17) is 10.9 Å². The summed E-state index contributed by atoms with van der Waals surface area (Å²) in [7, 11) is 0. The molecule has 1 fully saturated rings. The number of nitrogens with one attached hydrogen (secondary N) is 1. The zero-order chi connectivity index (χ0) is 10.9. The molecule has 1 aliphatic rings. The molecule has 0 bridgehead atoms. The molecule has 0 saturated carbocycles. The first-order valence-electron chi connectivity index (χ1n) is 5.72. The van der Waals surface area contributed by atoms with Crippen molar-refractivity contribution in [3.8, 4) is 0 Å². The number of hydrogen-bond acceptors (Lipinski definition) is 4. The molecule has 5 nitrogen and oxygen atoms in total. The van der Waals surface area contributed by atoms with E-state index in [9.17, 15) is 0 Å². The fourth-order valence-electron chi connectivity index (χ4n) is 1.83. The average molecular weight is 214 g/mol. The van der Waals surface area contributed by atoms with Gasteiger partial charge in [-0.2, -0.15) is 0 Å². The van der Waals surface area contributed by atoms with Crippen molar-refractivity contribution in [1.29, 1.82) is 0 Å².